The Morgan fingerprint density at radius 3 is 2.54 bits per heavy atom. The highest BCUT2D eigenvalue weighted by atomic mass is 16.5. The Morgan fingerprint density at radius 2 is 1.92 bits per heavy atom. The highest BCUT2D eigenvalue weighted by Gasteiger charge is 2.40. The molecular weight excluding hydrogens is 302 g/mol. The van der Waals surface area contributed by atoms with E-state index in [1.165, 1.54) is 5.56 Å². The molecule has 6 heteroatoms. The topological polar surface area (TPSA) is 58.3 Å². The van der Waals surface area contributed by atoms with Gasteiger partial charge in [0.1, 0.15) is 17.9 Å². The second-order valence-corrected chi connectivity index (χ2v) is 7.48. The van der Waals surface area contributed by atoms with Crippen LogP contribution in [-0.4, -0.2) is 46.2 Å². The Kier molecular flexibility index (Phi) is 4.00. The van der Waals surface area contributed by atoms with Crippen molar-refractivity contribution >= 4 is 5.82 Å². The van der Waals surface area contributed by atoms with Gasteiger partial charge in [-0.1, -0.05) is 19.0 Å². The van der Waals surface area contributed by atoms with Crippen molar-refractivity contribution in [3.05, 3.63) is 35.6 Å². The van der Waals surface area contributed by atoms with Crippen molar-refractivity contribution in [1.82, 2.24) is 20.0 Å². The number of anilines is 1. The van der Waals surface area contributed by atoms with Crippen LogP contribution in [0.2, 0.25) is 0 Å². The summed E-state index contributed by atoms with van der Waals surface area (Å²) in [7, 11) is 0. The number of fused-ring (bicyclic) bond motifs is 1. The Bertz CT molecular complexity index is 699. The highest BCUT2D eigenvalue weighted by molar-refractivity contribution is 5.41. The summed E-state index contributed by atoms with van der Waals surface area (Å²) < 4.78 is 5.18. The van der Waals surface area contributed by atoms with E-state index in [4.69, 9.17) is 4.52 Å². The Morgan fingerprint density at radius 1 is 1.17 bits per heavy atom. The summed E-state index contributed by atoms with van der Waals surface area (Å²) in [5.41, 5.74) is 2.34. The molecule has 2 aliphatic heterocycles. The molecule has 2 aromatic heterocycles. The van der Waals surface area contributed by atoms with Gasteiger partial charge in [0.05, 0.1) is 6.20 Å². The van der Waals surface area contributed by atoms with Gasteiger partial charge in [-0.3, -0.25) is 4.90 Å². The van der Waals surface area contributed by atoms with Crippen LogP contribution in [0, 0.1) is 18.8 Å². The van der Waals surface area contributed by atoms with E-state index in [0.29, 0.717) is 5.92 Å². The van der Waals surface area contributed by atoms with Gasteiger partial charge < -0.3 is 9.42 Å². The van der Waals surface area contributed by atoms with E-state index in [2.05, 4.69) is 44.8 Å². The van der Waals surface area contributed by atoms with Crippen LogP contribution in [0.4, 0.5) is 5.82 Å². The molecule has 0 aromatic carbocycles. The van der Waals surface area contributed by atoms with Crippen molar-refractivity contribution in [2.24, 2.45) is 11.8 Å². The first-order valence-corrected chi connectivity index (χ1v) is 8.79. The van der Waals surface area contributed by atoms with Crippen LogP contribution in [0.1, 0.15) is 36.8 Å². The van der Waals surface area contributed by atoms with Gasteiger partial charge in [0.2, 0.25) is 0 Å². The zero-order valence-electron chi connectivity index (χ0n) is 14.6. The number of aromatic nitrogens is 3. The molecule has 128 valence electrons. The molecule has 4 rings (SSSR count). The zero-order chi connectivity index (χ0) is 16.7. The second kappa shape index (κ2) is 6.16. The minimum absolute atomic E-state index is 0.441. The Labute approximate surface area is 142 Å². The molecule has 2 aliphatic rings. The lowest BCUT2D eigenvalue weighted by Gasteiger charge is -2.22. The number of nitrogens with zero attached hydrogens (tertiary/aromatic N) is 5. The number of hydrogen-bond donors (Lipinski definition) is 0. The fourth-order valence-electron chi connectivity index (χ4n) is 3.97. The summed E-state index contributed by atoms with van der Waals surface area (Å²) in [5, 5.41) is 3.89. The molecule has 0 radical (unpaired) electrons. The first-order valence-electron chi connectivity index (χ1n) is 8.79. The van der Waals surface area contributed by atoms with E-state index in [1.807, 2.05) is 13.1 Å². The van der Waals surface area contributed by atoms with E-state index in [0.717, 1.165) is 61.8 Å². The van der Waals surface area contributed by atoms with Crippen molar-refractivity contribution in [3.63, 3.8) is 0 Å². The maximum Gasteiger partial charge on any atom is 0.138 e. The molecule has 0 aliphatic carbocycles. The monoisotopic (exact) mass is 327 g/mol. The predicted octanol–water partition coefficient (Wildman–Crippen LogP) is 2.46. The molecule has 2 saturated heterocycles. The zero-order valence-corrected chi connectivity index (χ0v) is 14.6. The molecule has 0 amide bonds. The standard InChI is InChI=1S/C18H25N5O/c1-12(2)17-4-18(20-11-19-17)23-9-15-7-22(8-16(15)10-23)6-14-5-21-24-13(14)3/h4-5,11-12,15-16H,6-10H2,1-3H3. The molecule has 24 heavy (non-hydrogen) atoms. The quantitative estimate of drug-likeness (QED) is 0.860. The fourth-order valence-corrected chi connectivity index (χ4v) is 3.97. The first kappa shape index (κ1) is 15.6. The van der Waals surface area contributed by atoms with Crippen LogP contribution in [0.5, 0.6) is 0 Å². The second-order valence-electron chi connectivity index (χ2n) is 7.48. The van der Waals surface area contributed by atoms with Crippen molar-refractivity contribution in [2.45, 2.75) is 33.2 Å². The molecule has 2 aromatic rings. The third-order valence-electron chi connectivity index (χ3n) is 5.40. The van der Waals surface area contributed by atoms with Crippen LogP contribution < -0.4 is 4.90 Å². The Balaban J connectivity index is 1.39. The van der Waals surface area contributed by atoms with Crippen LogP contribution in [-0.2, 0) is 6.54 Å². The summed E-state index contributed by atoms with van der Waals surface area (Å²) in [5.74, 6) is 3.92. The third kappa shape index (κ3) is 2.90. The lowest BCUT2D eigenvalue weighted by atomic mass is 10.0. The summed E-state index contributed by atoms with van der Waals surface area (Å²) in [4.78, 5) is 13.9. The van der Waals surface area contributed by atoms with Crippen molar-refractivity contribution in [3.8, 4) is 0 Å². The molecule has 2 fully saturated rings. The van der Waals surface area contributed by atoms with E-state index >= 15 is 0 Å². The van der Waals surface area contributed by atoms with Crippen LogP contribution in [0.3, 0.4) is 0 Å². The summed E-state index contributed by atoms with van der Waals surface area (Å²) in [6.45, 7) is 11.8. The average molecular weight is 327 g/mol. The van der Waals surface area contributed by atoms with Gasteiger partial charge in [-0.25, -0.2) is 9.97 Å². The van der Waals surface area contributed by atoms with Crippen LogP contribution in [0.25, 0.3) is 0 Å². The van der Waals surface area contributed by atoms with Crippen LogP contribution in [0.15, 0.2) is 23.1 Å². The average Bonchev–Trinajstić information content (AvgIpc) is 3.23. The molecular formula is C18H25N5O. The van der Waals surface area contributed by atoms with E-state index in [1.54, 1.807) is 6.33 Å². The van der Waals surface area contributed by atoms with E-state index < -0.39 is 0 Å². The molecule has 6 nitrogen and oxygen atoms in total. The van der Waals surface area contributed by atoms with Gasteiger partial charge in [0, 0.05) is 50.0 Å². The number of hydrogen-bond acceptors (Lipinski definition) is 6. The highest BCUT2D eigenvalue weighted by Crippen LogP contribution is 2.34. The van der Waals surface area contributed by atoms with E-state index in [9.17, 15) is 0 Å². The molecule has 0 saturated carbocycles. The smallest absolute Gasteiger partial charge is 0.138 e. The van der Waals surface area contributed by atoms with Gasteiger partial charge >= 0.3 is 0 Å². The molecule has 4 heterocycles. The third-order valence-corrected chi connectivity index (χ3v) is 5.40. The van der Waals surface area contributed by atoms with Crippen molar-refractivity contribution < 1.29 is 4.52 Å². The molecule has 0 bridgehead atoms. The lowest BCUT2D eigenvalue weighted by Crippen LogP contribution is -2.29. The first-order chi connectivity index (χ1) is 11.6. The molecule has 2 unspecified atom stereocenters. The molecule has 2 atom stereocenters. The largest absolute Gasteiger partial charge is 0.361 e. The van der Waals surface area contributed by atoms with Crippen molar-refractivity contribution in [1.29, 1.82) is 0 Å². The maximum absolute atomic E-state index is 5.18. The van der Waals surface area contributed by atoms with Gasteiger partial charge in [-0.2, -0.15) is 0 Å². The van der Waals surface area contributed by atoms with Crippen LogP contribution >= 0.6 is 0 Å². The summed E-state index contributed by atoms with van der Waals surface area (Å²) in [6, 6.07) is 2.16. The lowest BCUT2D eigenvalue weighted by molar-refractivity contribution is 0.305. The normalized spacial score (nSPS) is 24.1. The SMILES string of the molecule is Cc1oncc1CN1CC2CN(c3cc(C(C)C)ncn3)CC2C1. The van der Waals surface area contributed by atoms with E-state index in [-0.39, 0.29) is 0 Å². The Hall–Kier alpha value is -1.95. The summed E-state index contributed by atoms with van der Waals surface area (Å²) in [6.07, 6.45) is 3.56. The number of aryl methyl sites for hydroxylation is 1. The maximum atomic E-state index is 5.18. The number of rotatable bonds is 4. The van der Waals surface area contributed by atoms with Gasteiger partial charge in [-0.15, -0.1) is 0 Å². The van der Waals surface area contributed by atoms with Crippen molar-refractivity contribution in [2.75, 3.05) is 31.1 Å². The molecule has 0 spiro atoms. The molecule has 0 N–H and O–H groups in total. The number of likely N-dealkylation sites (tertiary alicyclic amines) is 1. The van der Waals surface area contributed by atoms with Gasteiger partial charge in [-0.05, 0) is 24.7 Å². The minimum Gasteiger partial charge on any atom is -0.361 e. The fraction of sp³-hybridized carbons (Fsp3) is 0.611. The summed E-state index contributed by atoms with van der Waals surface area (Å²) >= 11 is 0. The minimum atomic E-state index is 0.441. The van der Waals surface area contributed by atoms with Gasteiger partial charge in [0.15, 0.2) is 0 Å². The predicted molar refractivity (Wildman–Crippen MR) is 91.8 cm³/mol. The van der Waals surface area contributed by atoms with Gasteiger partial charge in [0.25, 0.3) is 0 Å².